The Kier molecular flexibility index (Phi) is 7.54. The van der Waals surface area contributed by atoms with Crippen molar-refractivity contribution in [2.24, 2.45) is 0 Å². The first-order valence-corrected chi connectivity index (χ1v) is 8.45. The molecule has 2 amide bonds. The molecule has 1 heterocycles. The molecular weight excluding hydrogens is 336 g/mol. The van der Waals surface area contributed by atoms with Gasteiger partial charge in [0.05, 0.1) is 26.5 Å². The van der Waals surface area contributed by atoms with Crippen molar-refractivity contribution >= 4 is 11.8 Å². The van der Waals surface area contributed by atoms with E-state index in [-0.39, 0.29) is 18.2 Å². The van der Waals surface area contributed by atoms with Gasteiger partial charge in [-0.15, -0.1) is 0 Å². The average Bonchev–Trinajstić information content (AvgIpc) is 3.17. The van der Waals surface area contributed by atoms with Crippen LogP contribution >= 0.6 is 0 Å². The zero-order valence-corrected chi connectivity index (χ0v) is 15.0. The van der Waals surface area contributed by atoms with Crippen molar-refractivity contribution in [2.75, 3.05) is 13.7 Å². The van der Waals surface area contributed by atoms with Gasteiger partial charge in [-0.3, -0.25) is 9.59 Å². The fourth-order valence-corrected chi connectivity index (χ4v) is 2.21. The molecule has 0 aliphatic rings. The molecule has 0 spiro atoms. The molecule has 0 fully saturated rings. The largest absolute Gasteiger partial charge is 0.497 e. The Hall–Kier alpha value is -2.96. The van der Waals surface area contributed by atoms with E-state index < -0.39 is 6.04 Å². The van der Waals surface area contributed by atoms with E-state index in [2.05, 4.69) is 10.6 Å². The van der Waals surface area contributed by atoms with E-state index in [4.69, 9.17) is 13.9 Å². The number of carbonyl (C=O) groups is 2. The summed E-state index contributed by atoms with van der Waals surface area (Å²) in [5.41, 5.74) is 0. The lowest BCUT2D eigenvalue weighted by molar-refractivity contribution is -0.128. The molecule has 0 radical (unpaired) electrons. The number of amides is 2. The number of rotatable bonds is 10. The third kappa shape index (κ3) is 6.51. The number of carbonyl (C=O) groups excluding carboxylic acids is 2. The van der Waals surface area contributed by atoms with Gasteiger partial charge in [0, 0.05) is 6.42 Å². The van der Waals surface area contributed by atoms with Crippen molar-refractivity contribution in [3.8, 4) is 11.5 Å². The zero-order chi connectivity index (χ0) is 18.8. The first-order valence-electron chi connectivity index (χ1n) is 8.45. The molecule has 0 saturated heterocycles. The highest BCUT2D eigenvalue weighted by atomic mass is 16.5. The van der Waals surface area contributed by atoms with Crippen LogP contribution in [0.25, 0.3) is 0 Å². The quantitative estimate of drug-likeness (QED) is 0.635. The maximum Gasteiger partial charge on any atom is 0.242 e. The number of ether oxygens (including phenoxy) is 2. The van der Waals surface area contributed by atoms with E-state index >= 15 is 0 Å². The molecule has 1 aromatic carbocycles. The van der Waals surface area contributed by atoms with Crippen LogP contribution in [-0.4, -0.2) is 31.6 Å². The third-order valence-electron chi connectivity index (χ3n) is 3.66. The normalized spacial score (nSPS) is 11.5. The van der Waals surface area contributed by atoms with Gasteiger partial charge in [-0.1, -0.05) is 0 Å². The molecular formula is C19H24N2O5. The van der Waals surface area contributed by atoms with Gasteiger partial charge in [0.25, 0.3) is 0 Å². The number of benzene rings is 1. The van der Waals surface area contributed by atoms with Crippen molar-refractivity contribution in [3.63, 3.8) is 0 Å². The van der Waals surface area contributed by atoms with Gasteiger partial charge in [0.1, 0.15) is 23.3 Å². The Labute approximate surface area is 152 Å². The van der Waals surface area contributed by atoms with E-state index in [9.17, 15) is 9.59 Å². The van der Waals surface area contributed by atoms with Crippen LogP contribution in [0.2, 0.25) is 0 Å². The predicted octanol–water partition coefficient (Wildman–Crippen LogP) is 2.27. The third-order valence-corrected chi connectivity index (χ3v) is 3.66. The minimum Gasteiger partial charge on any atom is -0.497 e. The van der Waals surface area contributed by atoms with Gasteiger partial charge in [-0.2, -0.15) is 0 Å². The maximum absolute atomic E-state index is 11.9. The second kappa shape index (κ2) is 10.1. The van der Waals surface area contributed by atoms with E-state index in [0.717, 1.165) is 11.5 Å². The molecule has 1 atom stereocenters. The topological polar surface area (TPSA) is 89.8 Å². The Bertz CT molecular complexity index is 682. The molecule has 26 heavy (non-hydrogen) atoms. The Balaban J connectivity index is 1.60. The second-order valence-electron chi connectivity index (χ2n) is 5.71. The fourth-order valence-electron chi connectivity index (χ4n) is 2.21. The molecule has 140 valence electrons. The van der Waals surface area contributed by atoms with Crippen molar-refractivity contribution < 1.29 is 23.5 Å². The molecule has 1 aromatic heterocycles. The Morgan fingerprint density at radius 3 is 2.54 bits per heavy atom. The van der Waals surface area contributed by atoms with Crippen molar-refractivity contribution in [1.29, 1.82) is 0 Å². The highest BCUT2D eigenvalue weighted by Gasteiger charge is 2.15. The van der Waals surface area contributed by atoms with Crippen LogP contribution in [0.1, 0.15) is 25.5 Å². The highest BCUT2D eigenvalue weighted by molar-refractivity contribution is 5.87. The van der Waals surface area contributed by atoms with Gasteiger partial charge in [-0.05, 0) is 49.7 Å². The van der Waals surface area contributed by atoms with Crippen LogP contribution in [-0.2, 0) is 16.1 Å². The minimum absolute atomic E-state index is 0.191. The summed E-state index contributed by atoms with van der Waals surface area (Å²) in [6.07, 6.45) is 2.38. The summed E-state index contributed by atoms with van der Waals surface area (Å²) in [4.78, 5) is 23.8. The van der Waals surface area contributed by atoms with E-state index in [1.165, 1.54) is 0 Å². The summed E-state index contributed by atoms with van der Waals surface area (Å²) in [7, 11) is 1.60. The lowest BCUT2D eigenvalue weighted by atomic mass is 10.2. The van der Waals surface area contributed by atoms with E-state index in [1.807, 2.05) is 24.3 Å². The van der Waals surface area contributed by atoms with Crippen LogP contribution < -0.4 is 20.1 Å². The van der Waals surface area contributed by atoms with Gasteiger partial charge >= 0.3 is 0 Å². The number of hydrogen-bond acceptors (Lipinski definition) is 5. The van der Waals surface area contributed by atoms with E-state index in [0.29, 0.717) is 25.3 Å². The molecule has 2 rings (SSSR count). The summed E-state index contributed by atoms with van der Waals surface area (Å²) in [6, 6.07) is 10.2. The van der Waals surface area contributed by atoms with Crippen LogP contribution in [0, 0.1) is 0 Å². The molecule has 2 N–H and O–H groups in total. The Morgan fingerprint density at radius 1 is 1.15 bits per heavy atom. The molecule has 0 bridgehead atoms. The summed E-state index contributed by atoms with van der Waals surface area (Å²) >= 11 is 0. The van der Waals surface area contributed by atoms with E-state index in [1.54, 1.807) is 32.4 Å². The SMILES string of the molecule is COc1ccc(OCCCC(=O)NC(C)C(=O)NCc2ccco2)cc1. The molecule has 2 aromatic rings. The summed E-state index contributed by atoms with van der Waals surface area (Å²) in [6.45, 7) is 2.35. The van der Waals surface area contributed by atoms with Gasteiger partial charge in [-0.25, -0.2) is 0 Å². The number of methoxy groups -OCH3 is 1. The Morgan fingerprint density at radius 2 is 1.88 bits per heavy atom. The first kappa shape index (κ1) is 19.4. The fraction of sp³-hybridized carbons (Fsp3) is 0.368. The van der Waals surface area contributed by atoms with Crippen molar-refractivity contribution in [3.05, 3.63) is 48.4 Å². The minimum atomic E-state index is -0.611. The number of furan rings is 1. The molecule has 0 saturated carbocycles. The number of hydrogen-bond donors (Lipinski definition) is 2. The van der Waals surface area contributed by atoms with Gasteiger partial charge in [0.2, 0.25) is 11.8 Å². The smallest absolute Gasteiger partial charge is 0.242 e. The summed E-state index contributed by atoms with van der Waals surface area (Å²) < 4.78 is 15.8. The lowest BCUT2D eigenvalue weighted by Crippen LogP contribution is -2.44. The molecule has 0 aliphatic heterocycles. The average molecular weight is 360 g/mol. The van der Waals surface area contributed by atoms with Crippen LogP contribution in [0.15, 0.2) is 47.1 Å². The van der Waals surface area contributed by atoms with Crippen LogP contribution in [0.3, 0.4) is 0 Å². The zero-order valence-electron chi connectivity index (χ0n) is 15.0. The molecule has 1 unspecified atom stereocenters. The molecule has 7 heteroatoms. The maximum atomic E-state index is 11.9. The second-order valence-corrected chi connectivity index (χ2v) is 5.71. The lowest BCUT2D eigenvalue weighted by Gasteiger charge is -2.13. The molecule has 7 nitrogen and oxygen atoms in total. The van der Waals surface area contributed by atoms with Gasteiger partial charge in [0.15, 0.2) is 0 Å². The first-order chi connectivity index (χ1) is 12.6. The van der Waals surface area contributed by atoms with Gasteiger partial charge < -0.3 is 24.5 Å². The van der Waals surface area contributed by atoms with Crippen molar-refractivity contribution in [2.45, 2.75) is 32.4 Å². The van der Waals surface area contributed by atoms with Crippen LogP contribution in [0.4, 0.5) is 0 Å². The highest BCUT2D eigenvalue weighted by Crippen LogP contribution is 2.17. The monoisotopic (exact) mass is 360 g/mol. The standard InChI is InChI=1S/C19H24N2O5/c1-14(19(23)20-13-17-5-3-11-26-17)21-18(22)6-4-12-25-16-9-7-15(24-2)8-10-16/h3,5,7-11,14H,4,6,12-13H2,1-2H3,(H,20,23)(H,21,22). The van der Waals surface area contributed by atoms with Crippen molar-refractivity contribution in [1.82, 2.24) is 10.6 Å². The summed E-state index contributed by atoms with van der Waals surface area (Å²) in [5, 5.41) is 5.38. The predicted molar refractivity (Wildman–Crippen MR) is 95.9 cm³/mol. The number of nitrogens with one attached hydrogen (secondary N) is 2. The van der Waals surface area contributed by atoms with Crippen LogP contribution in [0.5, 0.6) is 11.5 Å². The summed E-state index contributed by atoms with van der Waals surface area (Å²) in [5.74, 6) is 1.69. The molecule has 0 aliphatic carbocycles.